The Morgan fingerprint density at radius 1 is 1.40 bits per heavy atom. The van der Waals surface area contributed by atoms with Crippen molar-refractivity contribution in [1.82, 2.24) is 0 Å². The predicted molar refractivity (Wildman–Crippen MR) is 95.7 cm³/mol. The summed E-state index contributed by atoms with van der Waals surface area (Å²) < 4.78 is 5.74. The minimum absolute atomic E-state index is 0.143. The van der Waals surface area contributed by atoms with Gasteiger partial charge in [0.25, 0.3) is 0 Å². The van der Waals surface area contributed by atoms with Gasteiger partial charge in [0, 0.05) is 23.3 Å². The molecule has 0 bridgehead atoms. The maximum atomic E-state index is 12.3. The van der Waals surface area contributed by atoms with Crippen LogP contribution in [0.25, 0.3) is 0 Å². The molecule has 0 aromatic carbocycles. The topological polar surface area (TPSA) is 87.0 Å². The highest BCUT2D eigenvalue weighted by Gasteiger charge is 2.66. The number of fused-ring (bicyclic) bond motifs is 1. The van der Waals surface area contributed by atoms with Crippen molar-refractivity contribution in [3.63, 3.8) is 0 Å². The van der Waals surface area contributed by atoms with Crippen LogP contribution in [0.3, 0.4) is 0 Å². The number of aliphatic hydroxyl groups excluding tert-OH is 2. The molecule has 0 aromatic rings. The minimum Gasteiger partial charge on any atom is -0.454 e. The zero-order valence-electron chi connectivity index (χ0n) is 16.1. The third kappa shape index (κ3) is 3.18. The number of esters is 1. The molecule has 2 rings (SSSR count). The molecule has 0 radical (unpaired) electrons. The van der Waals surface area contributed by atoms with Crippen LogP contribution >= 0.6 is 0 Å². The molecule has 1 saturated carbocycles. The van der Waals surface area contributed by atoms with Gasteiger partial charge in [-0.2, -0.15) is 0 Å². The van der Waals surface area contributed by atoms with E-state index in [1.807, 2.05) is 33.8 Å². The van der Waals surface area contributed by atoms with Gasteiger partial charge in [-0.25, -0.2) is 4.79 Å². The van der Waals surface area contributed by atoms with E-state index in [1.165, 1.54) is 0 Å². The lowest BCUT2D eigenvalue weighted by Gasteiger charge is -2.44. The van der Waals surface area contributed by atoms with Gasteiger partial charge in [-0.05, 0) is 39.2 Å². The van der Waals surface area contributed by atoms with Crippen molar-refractivity contribution in [1.29, 1.82) is 0 Å². The molecular weight excluding hydrogens is 320 g/mol. The average Bonchev–Trinajstić information content (AvgIpc) is 2.67. The van der Waals surface area contributed by atoms with E-state index in [4.69, 9.17) is 4.74 Å². The third-order valence-corrected chi connectivity index (χ3v) is 6.40. The highest BCUT2D eigenvalue weighted by molar-refractivity contribution is 5.87. The number of hydrogen-bond acceptors (Lipinski definition) is 5. The predicted octanol–water partition coefficient (Wildman–Crippen LogP) is 2.35. The second-order valence-electron chi connectivity index (χ2n) is 8.29. The standard InChI is InChI=1S/C20H32O5/c1-7-13(5)18(23)25-16-9-12(4)8-14(21)17-19(16,6)15(22)10-20(17,24)11(2)3/h7,9,11,14-17,21-22,24H,8,10H2,1-6H3/b13-7-/t14-,15+,16+,17+,19+,20+/m0/s1. The van der Waals surface area contributed by atoms with Crippen LogP contribution < -0.4 is 0 Å². The summed E-state index contributed by atoms with van der Waals surface area (Å²) in [5, 5.41) is 33.0. The molecule has 142 valence electrons. The Hall–Kier alpha value is -1.17. The van der Waals surface area contributed by atoms with Crippen molar-refractivity contribution in [2.24, 2.45) is 17.3 Å². The van der Waals surface area contributed by atoms with Crippen LogP contribution in [0.15, 0.2) is 23.3 Å². The summed E-state index contributed by atoms with van der Waals surface area (Å²) >= 11 is 0. The van der Waals surface area contributed by atoms with Gasteiger partial charge in [0.15, 0.2) is 0 Å². The number of rotatable bonds is 3. The first-order chi connectivity index (χ1) is 11.5. The lowest BCUT2D eigenvalue weighted by atomic mass is 9.66. The highest BCUT2D eigenvalue weighted by Crippen LogP contribution is 2.58. The number of carbonyl (C=O) groups excluding carboxylic acids is 1. The Morgan fingerprint density at radius 2 is 2.00 bits per heavy atom. The molecular formula is C20H32O5. The third-order valence-electron chi connectivity index (χ3n) is 6.40. The summed E-state index contributed by atoms with van der Waals surface area (Å²) in [6.07, 6.45) is 1.65. The van der Waals surface area contributed by atoms with Crippen molar-refractivity contribution < 1.29 is 24.9 Å². The summed E-state index contributed by atoms with van der Waals surface area (Å²) in [7, 11) is 0. The first-order valence-electron chi connectivity index (χ1n) is 9.08. The fourth-order valence-corrected chi connectivity index (χ4v) is 4.55. The smallest absolute Gasteiger partial charge is 0.333 e. The minimum atomic E-state index is -1.22. The fourth-order valence-electron chi connectivity index (χ4n) is 4.55. The molecule has 3 N–H and O–H groups in total. The van der Waals surface area contributed by atoms with Crippen LogP contribution in [0.2, 0.25) is 0 Å². The van der Waals surface area contributed by atoms with Crippen LogP contribution in [0.1, 0.15) is 54.4 Å². The lowest BCUT2D eigenvalue weighted by molar-refractivity contribution is -0.164. The van der Waals surface area contributed by atoms with Crippen molar-refractivity contribution in [2.75, 3.05) is 0 Å². The molecule has 0 aromatic heterocycles. The number of aliphatic hydroxyl groups is 3. The van der Waals surface area contributed by atoms with E-state index >= 15 is 0 Å². The van der Waals surface area contributed by atoms with Crippen LogP contribution in [-0.2, 0) is 9.53 Å². The monoisotopic (exact) mass is 352 g/mol. The molecule has 0 aliphatic heterocycles. The van der Waals surface area contributed by atoms with Gasteiger partial charge in [0.05, 0.1) is 17.8 Å². The Kier molecular flexibility index (Phi) is 5.53. The van der Waals surface area contributed by atoms with Gasteiger partial charge in [0.2, 0.25) is 0 Å². The van der Waals surface area contributed by atoms with Gasteiger partial charge < -0.3 is 20.1 Å². The van der Waals surface area contributed by atoms with Gasteiger partial charge >= 0.3 is 5.97 Å². The molecule has 0 heterocycles. The fraction of sp³-hybridized carbons (Fsp3) is 0.750. The Morgan fingerprint density at radius 3 is 2.52 bits per heavy atom. The van der Waals surface area contributed by atoms with Crippen molar-refractivity contribution in [3.05, 3.63) is 23.3 Å². The van der Waals surface area contributed by atoms with Crippen molar-refractivity contribution in [2.45, 2.75) is 78.3 Å². The summed E-state index contributed by atoms with van der Waals surface area (Å²) in [6.45, 7) is 10.9. The van der Waals surface area contributed by atoms with E-state index in [9.17, 15) is 20.1 Å². The summed E-state index contributed by atoms with van der Waals surface area (Å²) in [5.74, 6) is -1.18. The first-order valence-corrected chi connectivity index (χ1v) is 9.08. The zero-order chi connectivity index (χ0) is 19.2. The zero-order valence-corrected chi connectivity index (χ0v) is 16.1. The van der Waals surface area contributed by atoms with Crippen LogP contribution in [0, 0.1) is 17.3 Å². The van der Waals surface area contributed by atoms with Gasteiger partial charge in [0.1, 0.15) is 6.10 Å². The number of carbonyl (C=O) groups is 1. The van der Waals surface area contributed by atoms with E-state index < -0.39 is 41.2 Å². The van der Waals surface area contributed by atoms with Crippen molar-refractivity contribution in [3.8, 4) is 0 Å². The van der Waals surface area contributed by atoms with E-state index in [0.717, 1.165) is 5.57 Å². The first kappa shape index (κ1) is 20.1. The van der Waals surface area contributed by atoms with Crippen LogP contribution in [-0.4, -0.2) is 45.2 Å². The summed E-state index contributed by atoms with van der Waals surface area (Å²) in [5.41, 5.74) is -0.799. The molecule has 0 saturated heterocycles. The Balaban J connectivity index is 2.53. The molecule has 6 atom stereocenters. The SMILES string of the molecule is C/C=C(/C)C(=O)O[C@@H]1C=C(C)C[C@H](O)[C@@H]2[C@]1(C)[C@H](O)C[C@@]2(O)C(C)C. The molecule has 5 heteroatoms. The van der Waals surface area contributed by atoms with Gasteiger partial charge in [-0.3, -0.25) is 0 Å². The second kappa shape index (κ2) is 6.86. The molecule has 0 amide bonds. The Bertz CT molecular complexity index is 593. The van der Waals surface area contributed by atoms with Crippen LogP contribution in [0.4, 0.5) is 0 Å². The molecule has 0 spiro atoms. The number of allylic oxidation sites excluding steroid dienone is 1. The average molecular weight is 352 g/mol. The summed E-state index contributed by atoms with van der Waals surface area (Å²) in [6, 6.07) is 0. The van der Waals surface area contributed by atoms with Crippen molar-refractivity contribution >= 4 is 5.97 Å². The maximum Gasteiger partial charge on any atom is 0.333 e. The maximum absolute atomic E-state index is 12.3. The van der Waals surface area contributed by atoms with Crippen LogP contribution in [0.5, 0.6) is 0 Å². The Labute approximate surface area is 150 Å². The molecule has 5 nitrogen and oxygen atoms in total. The van der Waals surface area contributed by atoms with E-state index in [1.54, 1.807) is 19.9 Å². The quantitative estimate of drug-likeness (QED) is 0.412. The lowest BCUT2D eigenvalue weighted by Crippen LogP contribution is -2.53. The van der Waals surface area contributed by atoms with Gasteiger partial charge in [-0.15, -0.1) is 0 Å². The largest absolute Gasteiger partial charge is 0.454 e. The highest BCUT2D eigenvalue weighted by atomic mass is 16.5. The molecule has 2 aliphatic rings. The second-order valence-corrected chi connectivity index (χ2v) is 8.29. The molecule has 25 heavy (non-hydrogen) atoms. The van der Waals surface area contributed by atoms with Gasteiger partial charge in [-0.1, -0.05) is 32.4 Å². The summed E-state index contributed by atoms with van der Waals surface area (Å²) in [4.78, 5) is 12.3. The molecule has 0 unspecified atom stereocenters. The number of ether oxygens (including phenoxy) is 1. The molecule has 1 fully saturated rings. The molecule has 2 aliphatic carbocycles. The van der Waals surface area contributed by atoms with E-state index in [-0.39, 0.29) is 12.3 Å². The normalized spacial score (nSPS) is 42.0. The van der Waals surface area contributed by atoms with E-state index in [2.05, 4.69) is 0 Å². The number of hydrogen-bond donors (Lipinski definition) is 3. The van der Waals surface area contributed by atoms with E-state index in [0.29, 0.717) is 12.0 Å².